The van der Waals surface area contributed by atoms with E-state index in [1.165, 1.54) is 77.2 Å². The van der Waals surface area contributed by atoms with E-state index in [9.17, 15) is 0 Å². The molecule has 0 bridgehead atoms. The number of nitrogens with two attached hydrogens (primary N) is 1. The van der Waals surface area contributed by atoms with Crippen LogP contribution in [0.5, 0.6) is 0 Å². The van der Waals surface area contributed by atoms with Crippen LogP contribution in [0.4, 0.5) is 0 Å². The predicted octanol–water partition coefficient (Wildman–Crippen LogP) is 12.7. The van der Waals surface area contributed by atoms with Crippen LogP contribution in [0.25, 0.3) is 71.6 Å². The number of thiophene rings is 3. The number of hydrogen-bond donors (Lipinski definition) is 2. The first kappa shape index (κ1) is 30.5. The van der Waals surface area contributed by atoms with Crippen molar-refractivity contribution in [2.45, 2.75) is 12.7 Å². The predicted molar refractivity (Wildman–Crippen MR) is 224 cm³/mol. The van der Waals surface area contributed by atoms with Gasteiger partial charge in [0.1, 0.15) is 12.0 Å². The van der Waals surface area contributed by atoms with Crippen molar-refractivity contribution in [3.8, 4) is 11.1 Å². The van der Waals surface area contributed by atoms with Gasteiger partial charge in [-0.15, -0.1) is 34.0 Å². The summed E-state index contributed by atoms with van der Waals surface area (Å²) in [5.41, 5.74) is 12.8. The molecule has 10 aromatic rings. The third-order valence-corrected chi connectivity index (χ3v) is 13.5. The average Bonchev–Trinajstić information content (AvgIpc) is 3.88. The molecule has 6 heteroatoms. The molecule has 0 radical (unpaired) electrons. The first-order chi connectivity index (χ1) is 25.2. The van der Waals surface area contributed by atoms with Crippen molar-refractivity contribution in [1.82, 2.24) is 5.32 Å². The molecular weight excluding hydrogens is 679 g/mol. The highest BCUT2D eigenvalue weighted by molar-refractivity contribution is 7.27. The Kier molecular flexibility index (Phi) is 7.43. The summed E-state index contributed by atoms with van der Waals surface area (Å²) < 4.78 is 7.72. The minimum Gasteiger partial charge on any atom is -0.351 e. The Morgan fingerprint density at radius 3 is 1.90 bits per heavy atom. The summed E-state index contributed by atoms with van der Waals surface area (Å²) in [6, 6.07) is 54.3. The molecule has 10 rings (SSSR count). The Balaban J connectivity index is 1.02. The van der Waals surface area contributed by atoms with Crippen molar-refractivity contribution < 1.29 is 0 Å². The van der Waals surface area contributed by atoms with Crippen LogP contribution in [0.2, 0.25) is 0 Å². The highest BCUT2D eigenvalue weighted by Crippen LogP contribution is 2.43. The molecule has 244 valence electrons. The smallest absolute Gasteiger partial charge is 0.130 e. The van der Waals surface area contributed by atoms with Gasteiger partial charge >= 0.3 is 0 Å². The van der Waals surface area contributed by atoms with E-state index < -0.39 is 6.17 Å². The van der Waals surface area contributed by atoms with Gasteiger partial charge in [0.25, 0.3) is 0 Å². The second-order valence-electron chi connectivity index (χ2n) is 12.9. The van der Waals surface area contributed by atoms with Crippen molar-refractivity contribution in [3.63, 3.8) is 0 Å². The van der Waals surface area contributed by atoms with Gasteiger partial charge in [-0.25, -0.2) is 0 Å². The first-order valence-corrected chi connectivity index (χ1v) is 19.5. The van der Waals surface area contributed by atoms with E-state index in [4.69, 9.17) is 10.7 Å². The summed E-state index contributed by atoms with van der Waals surface area (Å²) >= 11 is 5.53. The molecule has 3 aromatic heterocycles. The average molecular weight is 710 g/mol. The Morgan fingerprint density at radius 2 is 1.12 bits per heavy atom. The van der Waals surface area contributed by atoms with Gasteiger partial charge < -0.3 is 11.1 Å². The number of nitrogens with zero attached hydrogens (tertiary/aromatic N) is 1. The fraction of sp³-hybridized carbons (Fsp3) is 0.0444. The molecule has 1 atom stereocenters. The Morgan fingerprint density at radius 1 is 0.529 bits per heavy atom. The lowest BCUT2D eigenvalue weighted by molar-refractivity contribution is 0.685. The number of rotatable bonds is 6. The molecule has 7 aromatic carbocycles. The van der Waals surface area contributed by atoms with E-state index in [0.717, 1.165) is 17.0 Å². The van der Waals surface area contributed by atoms with Crippen LogP contribution in [-0.2, 0) is 6.54 Å². The summed E-state index contributed by atoms with van der Waals surface area (Å²) in [4.78, 5) is 5.23. The van der Waals surface area contributed by atoms with Gasteiger partial charge in [0, 0.05) is 71.6 Å². The van der Waals surface area contributed by atoms with Gasteiger partial charge in [-0.05, 0) is 41.0 Å². The molecule has 0 spiro atoms. The lowest BCUT2D eigenvalue weighted by Crippen LogP contribution is -2.35. The van der Waals surface area contributed by atoms with Crippen LogP contribution in [-0.4, -0.2) is 5.84 Å². The number of amidine groups is 1. The van der Waals surface area contributed by atoms with E-state index >= 15 is 0 Å². The fourth-order valence-electron chi connectivity index (χ4n) is 7.34. The Bertz CT molecular complexity index is 2950. The summed E-state index contributed by atoms with van der Waals surface area (Å²) in [7, 11) is 0. The monoisotopic (exact) mass is 709 g/mol. The lowest BCUT2D eigenvalue weighted by Gasteiger charge is -2.19. The largest absolute Gasteiger partial charge is 0.351 e. The normalized spacial score (nSPS) is 12.9. The molecule has 3 N–H and O–H groups in total. The number of hydrogen-bond acceptors (Lipinski definition) is 5. The van der Waals surface area contributed by atoms with Crippen LogP contribution < -0.4 is 11.1 Å². The van der Waals surface area contributed by atoms with E-state index in [1.54, 1.807) is 11.3 Å². The molecule has 0 aliphatic rings. The first-order valence-electron chi connectivity index (χ1n) is 17.1. The number of nitrogens with one attached hydrogen (secondary N) is 1. The fourth-order valence-corrected chi connectivity index (χ4v) is 11.0. The SMILES string of the molecule is NC(NC(=NCc1cccc2c1sc1ccc(-c3cccc4c3sc3ccccc34)cc12)c1ccccc1)c1cccc2c1sc1ccccc12. The molecule has 0 saturated heterocycles. The molecule has 51 heavy (non-hydrogen) atoms. The van der Waals surface area contributed by atoms with Crippen LogP contribution >= 0.6 is 34.0 Å². The number of benzene rings is 7. The molecule has 1 unspecified atom stereocenters. The maximum atomic E-state index is 6.97. The van der Waals surface area contributed by atoms with Gasteiger partial charge in [-0.2, -0.15) is 0 Å². The van der Waals surface area contributed by atoms with Crippen LogP contribution in [0.15, 0.2) is 157 Å². The highest BCUT2D eigenvalue weighted by atomic mass is 32.1. The summed E-state index contributed by atoms with van der Waals surface area (Å²) in [6.45, 7) is 0.537. The quantitative estimate of drug-likeness (QED) is 0.103. The number of aliphatic imine (C=N–C) groups is 1. The third kappa shape index (κ3) is 5.22. The second kappa shape index (κ2) is 12.4. The Labute approximate surface area is 306 Å². The lowest BCUT2D eigenvalue weighted by atomic mass is 10.0. The van der Waals surface area contributed by atoms with Crippen molar-refractivity contribution in [3.05, 3.63) is 168 Å². The maximum Gasteiger partial charge on any atom is 0.130 e. The van der Waals surface area contributed by atoms with Gasteiger partial charge in [0.2, 0.25) is 0 Å². The van der Waals surface area contributed by atoms with E-state index in [-0.39, 0.29) is 0 Å². The third-order valence-electron chi connectivity index (χ3n) is 9.81. The highest BCUT2D eigenvalue weighted by Gasteiger charge is 2.17. The summed E-state index contributed by atoms with van der Waals surface area (Å²) in [5, 5.41) is 11.3. The van der Waals surface area contributed by atoms with Gasteiger partial charge in [-0.1, -0.05) is 127 Å². The molecule has 0 aliphatic carbocycles. The van der Waals surface area contributed by atoms with E-state index in [0.29, 0.717) is 6.54 Å². The molecule has 3 nitrogen and oxygen atoms in total. The van der Waals surface area contributed by atoms with Crippen molar-refractivity contribution in [2.24, 2.45) is 10.7 Å². The van der Waals surface area contributed by atoms with Crippen molar-refractivity contribution >= 4 is 100 Å². The standard InChI is InChI=1S/C45H31N3S3/c46-44(36-20-10-19-34-32-15-5-7-22-39(32)51-43(34)36)48-45(27-11-2-1-3-12-27)47-26-29-13-8-17-35-37-25-28(23-24-40(37)49-41(29)35)30-16-9-18-33-31-14-4-6-21-38(31)50-42(30)33/h1-25,44H,26,46H2,(H,47,48). The zero-order valence-corrected chi connectivity index (χ0v) is 29.9. The second-order valence-corrected chi connectivity index (χ2v) is 16.0. The Hall–Kier alpha value is -5.37. The van der Waals surface area contributed by atoms with Crippen LogP contribution in [0, 0.1) is 0 Å². The number of fused-ring (bicyclic) bond motifs is 9. The molecule has 0 amide bonds. The zero-order chi connectivity index (χ0) is 33.9. The minimum absolute atomic E-state index is 0.426. The topological polar surface area (TPSA) is 50.4 Å². The van der Waals surface area contributed by atoms with E-state index in [2.05, 4.69) is 139 Å². The minimum atomic E-state index is -0.426. The molecule has 0 fully saturated rings. The van der Waals surface area contributed by atoms with Crippen molar-refractivity contribution in [1.29, 1.82) is 0 Å². The molecule has 0 aliphatic heterocycles. The molecular formula is C45H31N3S3. The summed E-state index contributed by atoms with van der Waals surface area (Å²) in [6.07, 6.45) is -0.426. The van der Waals surface area contributed by atoms with Gasteiger partial charge in [0.05, 0.1) is 6.54 Å². The van der Waals surface area contributed by atoms with E-state index in [1.807, 2.05) is 40.9 Å². The van der Waals surface area contributed by atoms with Crippen LogP contribution in [0.3, 0.4) is 0 Å². The summed E-state index contributed by atoms with van der Waals surface area (Å²) in [5.74, 6) is 0.790. The maximum absolute atomic E-state index is 6.97. The van der Waals surface area contributed by atoms with Crippen molar-refractivity contribution in [2.75, 3.05) is 0 Å². The van der Waals surface area contributed by atoms with Gasteiger partial charge in [0.15, 0.2) is 0 Å². The molecule has 0 saturated carbocycles. The molecule has 3 heterocycles. The van der Waals surface area contributed by atoms with Crippen LogP contribution in [0.1, 0.15) is 22.9 Å². The zero-order valence-electron chi connectivity index (χ0n) is 27.5. The van der Waals surface area contributed by atoms with Gasteiger partial charge in [-0.3, -0.25) is 4.99 Å².